The number of nitrogens with zero attached hydrogens (tertiary/aromatic N) is 3. The molecule has 2 aliphatic rings. The summed E-state index contributed by atoms with van der Waals surface area (Å²) in [7, 11) is -2.27. The highest BCUT2D eigenvalue weighted by molar-refractivity contribution is 9.10. The Labute approximate surface area is 281 Å². The van der Waals surface area contributed by atoms with Gasteiger partial charge in [0.1, 0.15) is 22.8 Å². The number of likely N-dealkylation sites (N-methyl/N-ethyl adjacent to an activating group) is 1. The van der Waals surface area contributed by atoms with Gasteiger partial charge < -0.3 is 19.7 Å². The summed E-state index contributed by atoms with van der Waals surface area (Å²) in [4.78, 5) is 27.9. The molecule has 1 aromatic heterocycles. The van der Waals surface area contributed by atoms with E-state index in [1.54, 1.807) is 18.0 Å². The number of halogens is 6. The minimum atomic E-state index is -5.08. The number of carboxylic acid groups (broad SMARTS) is 1. The van der Waals surface area contributed by atoms with E-state index in [4.69, 9.17) is 37.5 Å². The molecule has 1 saturated carbocycles. The zero-order valence-corrected chi connectivity index (χ0v) is 28.1. The lowest BCUT2D eigenvalue weighted by Gasteiger charge is -2.22. The maximum atomic E-state index is 13.6. The molecule has 46 heavy (non-hydrogen) atoms. The van der Waals surface area contributed by atoms with Crippen LogP contribution in [0.1, 0.15) is 40.1 Å². The number of hydrogen-bond acceptors (Lipinski definition) is 7. The molecule has 1 aliphatic carbocycles. The van der Waals surface area contributed by atoms with E-state index in [0.29, 0.717) is 28.8 Å². The van der Waals surface area contributed by atoms with E-state index in [-0.39, 0.29) is 33.4 Å². The van der Waals surface area contributed by atoms with Gasteiger partial charge in [-0.2, -0.15) is 17.5 Å². The van der Waals surface area contributed by atoms with Crippen molar-refractivity contribution in [3.63, 3.8) is 0 Å². The fourth-order valence-corrected chi connectivity index (χ4v) is 7.97. The number of amidine groups is 1. The van der Waals surface area contributed by atoms with Crippen LogP contribution in [0.25, 0.3) is 0 Å². The van der Waals surface area contributed by atoms with Crippen molar-refractivity contribution in [1.82, 2.24) is 14.5 Å². The van der Waals surface area contributed by atoms with Crippen LogP contribution in [0.2, 0.25) is 10.0 Å². The predicted octanol–water partition coefficient (Wildman–Crippen LogP) is 6.00. The number of nitrogens with one attached hydrogen (secondary N) is 1. The second kappa shape index (κ2) is 14.8. The third kappa shape index (κ3) is 9.03. The first kappa shape index (κ1) is 35.7. The van der Waals surface area contributed by atoms with Crippen molar-refractivity contribution in [3.8, 4) is 0 Å². The van der Waals surface area contributed by atoms with Crippen molar-refractivity contribution in [2.45, 2.75) is 42.9 Å². The van der Waals surface area contributed by atoms with Crippen LogP contribution in [0, 0.1) is 0 Å². The normalized spacial score (nSPS) is 14.7. The first-order valence-corrected chi connectivity index (χ1v) is 16.7. The number of carboxylic acids is 1. The van der Waals surface area contributed by atoms with Gasteiger partial charge in [-0.1, -0.05) is 63.4 Å². The first-order chi connectivity index (χ1) is 21.6. The molecule has 0 saturated heterocycles. The fraction of sp³-hybridized carbons (Fsp3) is 0.345. The summed E-state index contributed by atoms with van der Waals surface area (Å²) in [5.41, 5.74) is 2.53. The number of amides is 1. The molecule has 1 aliphatic heterocycles. The highest BCUT2D eigenvalue weighted by atomic mass is 79.9. The Kier molecular flexibility index (Phi) is 11.5. The third-order valence-electron chi connectivity index (χ3n) is 6.92. The standard InChI is InChI=1S/C27H27BrCl2N4O4S.C2HF3O2/c1-33(11-8-17-2-4-18(5-3-17)26-31-9-10-32-26)27(35)19-12-22(38-16-19)15-34(21-6-7-21)39(36,37)25-23(29)13-20(28)14-24(25)30;3-2(4,5)1(6)7/h2-5,12-14,16,21H,6-11,15H2,1H3,(H,31,32);(H,6,7). The summed E-state index contributed by atoms with van der Waals surface area (Å²) in [5, 5.41) is 10.5. The molecule has 10 nitrogen and oxygen atoms in total. The molecule has 0 spiro atoms. The van der Waals surface area contributed by atoms with Gasteiger partial charge in [0.05, 0.1) is 28.7 Å². The molecule has 0 unspecified atom stereocenters. The lowest BCUT2D eigenvalue weighted by Crippen LogP contribution is -2.33. The van der Waals surface area contributed by atoms with E-state index < -0.39 is 22.2 Å². The van der Waals surface area contributed by atoms with E-state index in [0.717, 1.165) is 42.9 Å². The van der Waals surface area contributed by atoms with Crippen LogP contribution >= 0.6 is 39.1 Å². The lowest BCUT2D eigenvalue weighted by atomic mass is 10.1. The summed E-state index contributed by atoms with van der Waals surface area (Å²) >= 11 is 15.8. The molecule has 248 valence electrons. The highest BCUT2D eigenvalue weighted by Crippen LogP contribution is 2.39. The van der Waals surface area contributed by atoms with Crippen LogP contribution in [0.3, 0.4) is 0 Å². The number of rotatable bonds is 10. The summed E-state index contributed by atoms with van der Waals surface area (Å²) < 4.78 is 66.4. The van der Waals surface area contributed by atoms with Crippen molar-refractivity contribution in [3.05, 3.63) is 85.7 Å². The van der Waals surface area contributed by atoms with Crippen LogP contribution in [0.15, 0.2) is 67.5 Å². The summed E-state index contributed by atoms with van der Waals surface area (Å²) in [5.74, 6) is -1.68. The van der Waals surface area contributed by atoms with E-state index in [9.17, 15) is 26.4 Å². The maximum Gasteiger partial charge on any atom is 0.490 e. The van der Waals surface area contributed by atoms with Gasteiger partial charge in [0.2, 0.25) is 10.0 Å². The van der Waals surface area contributed by atoms with Crippen molar-refractivity contribution < 1.29 is 40.7 Å². The van der Waals surface area contributed by atoms with Crippen molar-refractivity contribution >= 4 is 66.9 Å². The number of sulfonamides is 1. The minimum absolute atomic E-state index is 0.0286. The van der Waals surface area contributed by atoms with Crippen molar-refractivity contribution in [2.24, 2.45) is 4.99 Å². The van der Waals surface area contributed by atoms with E-state index in [2.05, 4.69) is 26.2 Å². The van der Waals surface area contributed by atoms with Gasteiger partial charge in [0, 0.05) is 36.2 Å². The van der Waals surface area contributed by atoms with Gasteiger partial charge in [-0.15, -0.1) is 0 Å². The Morgan fingerprint density at radius 1 is 1.13 bits per heavy atom. The molecule has 2 N–H and O–H groups in total. The summed E-state index contributed by atoms with van der Waals surface area (Å²) in [6, 6.07) is 12.6. The molecule has 1 amide bonds. The quantitative estimate of drug-likeness (QED) is 0.259. The number of benzene rings is 2. The van der Waals surface area contributed by atoms with Gasteiger partial charge in [-0.25, -0.2) is 13.2 Å². The van der Waals surface area contributed by atoms with Crippen LogP contribution in [0.4, 0.5) is 13.2 Å². The molecule has 5 rings (SSSR count). The molecule has 1 fully saturated rings. The zero-order valence-electron chi connectivity index (χ0n) is 24.2. The second-order valence-corrected chi connectivity index (χ2v) is 14.0. The number of carbonyl (C=O) groups is 2. The van der Waals surface area contributed by atoms with E-state index >= 15 is 0 Å². The Balaban J connectivity index is 0.000000617. The number of furan rings is 1. The Morgan fingerprint density at radius 2 is 1.74 bits per heavy atom. The maximum absolute atomic E-state index is 13.6. The third-order valence-corrected chi connectivity index (χ3v) is 10.2. The summed E-state index contributed by atoms with van der Waals surface area (Å²) in [6.07, 6.45) is -1.57. The molecule has 2 heterocycles. The molecular weight excluding hydrogens is 740 g/mol. The number of aliphatic carboxylic acids is 1. The van der Waals surface area contributed by atoms with Crippen molar-refractivity contribution in [2.75, 3.05) is 26.7 Å². The monoisotopic (exact) mass is 766 g/mol. The van der Waals surface area contributed by atoms with Gasteiger partial charge >= 0.3 is 12.1 Å². The average molecular weight is 768 g/mol. The molecule has 0 bridgehead atoms. The smallest absolute Gasteiger partial charge is 0.475 e. The molecular formula is C29H28BrCl2F3N4O6S. The molecule has 0 radical (unpaired) electrons. The highest BCUT2D eigenvalue weighted by Gasteiger charge is 2.41. The lowest BCUT2D eigenvalue weighted by molar-refractivity contribution is -0.192. The van der Waals surface area contributed by atoms with Crippen LogP contribution in [-0.4, -0.2) is 79.3 Å². The van der Waals surface area contributed by atoms with Crippen molar-refractivity contribution in [1.29, 1.82) is 0 Å². The van der Waals surface area contributed by atoms with Crippen LogP contribution in [0.5, 0.6) is 0 Å². The molecule has 2 aromatic carbocycles. The number of carbonyl (C=O) groups excluding carboxylic acids is 1. The zero-order chi connectivity index (χ0) is 33.8. The number of aliphatic imine (C=N–C) groups is 1. The van der Waals surface area contributed by atoms with E-state index in [1.807, 2.05) is 24.3 Å². The summed E-state index contributed by atoms with van der Waals surface area (Å²) in [6.45, 7) is 2.14. The Bertz CT molecular complexity index is 1710. The second-order valence-electron chi connectivity index (χ2n) is 10.4. The van der Waals surface area contributed by atoms with Gasteiger partial charge in [-0.3, -0.25) is 9.79 Å². The molecule has 0 atom stereocenters. The minimum Gasteiger partial charge on any atom is -0.475 e. The topological polar surface area (TPSA) is 133 Å². The predicted molar refractivity (Wildman–Crippen MR) is 169 cm³/mol. The number of hydrogen-bond donors (Lipinski definition) is 2. The Hall–Kier alpha value is -3.11. The largest absolute Gasteiger partial charge is 0.490 e. The van der Waals surface area contributed by atoms with E-state index in [1.165, 1.54) is 22.7 Å². The molecule has 17 heteroatoms. The van der Waals surface area contributed by atoms with Gasteiger partial charge in [0.15, 0.2) is 0 Å². The first-order valence-electron chi connectivity index (χ1n) is 13.7. The van der Waals surface area contributed by atoms with Crippen LogP contribution < -0.4 is 5.32 Å². The molecule has 3 aromatic rings. The Morgan fingerprint density at radius 3 is 2.26 bits per heavy atom. The fourth-order valence-electron chi connectivity index (χ4n) is 4.43. The van der Waals surface area contributed by atoms with Gasteiger partial charge in [-0.05, 0) is 43.0 Å². The number of alkyl halides is 3. The van der Waals surface area contributed by atoms with Gasteiger partial charge in [0.25, 0.3) is 5.91 Å². The average Bonchev–Trinajstić information content (AvgIpc) is 3.44. The van der Waals surface area contributed by atoms with Crippen LogP contribution in [-0.2, 0) is 27.8 Å². The SMILES string of the molecule is CN(CCc1ccc(C2=NCCN2)cc1)C(=O)c1coc(CN(C2CC2)S(=O)(=O)c2c(Cl)cc(Br)cc2Cl)c1.O=C(O)C(F)(F)F.